The monoisotopic (exact) mass is 436 g/mol. The number of rotatable bonds is 6. The predicted molar refractivity (Wildman–Crippen MR) is 111 cm³/mol. The lowest BCUT2D eigenvalue weighted by Crippen LogP contribution is -2.41. The molecule has 0 unspecified atom stereocenters. The van der Waals surface area contributed by atoms with Crippen LogP contribution in [0.1, 0.15) is 36.9 Å². The highest BCUT2D eigenvalue weighted by atomic mass is 16.6. The van der Waals surface area contributed by atoms with Crippen LogP contribution in [0, 0.1) is 5.92 Å². The Kier molecular flexibility index (Phi) is 5.71. The first kappa shape index (κ1) is 21.2. The van der Waals surface area contributed by atoms with Crippen LogP contribution in [-0.2, 0) is 9.47 Å². The number of esters is 1. The van der Waals surface area contributed by atoms with Gasteiger partial charge < -0.3 is 9.47 Å². The number of aromatic nitrogens is 5. The number of nitrogens with zero attached hydrogens (tertiary/aromatic N) is 8. The first-order valence-electron chi connectivity index (χ1n) is 9.93. The number of ether oxygens (including phenoxy) is 2. The Morgan fingerprint density at radius 1 is 1.34 bits per heavy atom. The second kappa shape index (κ2) is 8.61. The Bertz CT molecular complexity index is 1210. The zero-order chi connectivity index (χ0) is 22.7. The van der Waals surface area contributed by atoms with Crippen molar-refractivity contribution in [3.63, 3.8) is 0 Å². The number of carbonyl (C=O) groups is 1. The van der Waals surface area contributed by atoms with E-state index in [9.17, 15) is 15.1 Å². The quantitative estimate of drug-likeness (QED) is 0.249. The van der Waals surface area contributed by atoms with Crippen molar-refractivity contribution in [1.29, 1.82) is 0 Å². The lowest BCUT2D eigenvalue weighted by Gasteiger charge is -2.29. The average Bonchev–Trinajstić information content (AvgIpc) is 3.43. The molecule has 0 aliphatic carbocycles. The van der Waals surface area contributed by atoms with Crippen molar-refractivity contribution in [3.8, 4) is 5.82 Å². The van der Waals surface area contributed by atoms with Crippen molar-refractivity contribution in [1.82, 2.24) is 24.3 Å². The average molecular weight is 436 g/mol. The zero-order valence-electron chi connectivity index (χ0n) is 17.3. The second-order valence-corrected chi connectivity index (χ2v) is 7.26. The fraction of sp³-hybridized carbons (Fsp3) is 0.350. The third-order valence-corrected chi connectivity index (χ3v) is 5.40. The van der Waals surface area contributed by atoms with Gasteiger partial charge in [-0.3, -0.25) is 4.57 Å². The summed E-state index contributed by atoms with van der Waals surface area (Å²) in [6.07, 6.45) is 2.68. The van der Waals surface area contributed by atoms with Crippen LogP contribution >= 0.6 is 0 Å². The smallest absolute Gasteiger partial charge is 0.351 e. The molecule has 164 valence electrons. The van der Waals surface area contributed by atoms with Crippen molar-refractivity contribution in [2.45, 2.75) is 38.3 Å². The van der Waals surface area contributed by atoms with E-state index in [1.165, 1.54) is 28.1 Å². The van der Waals surface area contributed by atoms with Gasteiger partial charge in [0.1, 0.15) is 25.0 Å². The molecule has 1 aliphatic heterocycles. The molecular weight excluding hydrogens is 416 g/mol. The normalized spacial score (nSPS) is 24.6. The molecule has 1 aromatic carbocycles. The maximum absolute atomic E-state index is 12.8. The highest BCUT2D eigenvalue weighted by Crippen LogP contribution is 2.45. The van der Waals surface area contributed by atoms with Gasteiger partial charge in [-0.1, -0.05) is 37.2 Å². The standard InChI is InChI=1S/C20H20N8O4/c1-3-20(25-26-21)16(31-18(29)14-7-5-4-6-8-14)13(2)17(32-20)27-10-9-15(24-19(27)30)28-12-22-11-23-28/h4-13,16-17H,3H2,1-2H3/t13-,16-,17+,20+/m0/s1. The van der Waals surface area contributed by atoms with E-state index < -0.39 is 35.6 Å². The van der Waals surface area contributed by atoms with Crippen LogP contribution in [0.5, 0.6) is 0 Å². The summed E-state index contributed by atoms with van der Waals surface area (Å²) in [5, 5.41) is 7.79. The molecule has 4 rings (SSSR count). The fourth-order valence-corrected chi connectivity index (χ4v) is 3.77. The van der Waals surface area contributed by atoms with E-state index in [1.807, 2.05) is 0 Å². The van der Waals surface area contributed by atoms with E-state index >= 15 is 0 Å². The molecule has 0 amide bonds. The van der Waals surface area contributed by atoms with E-state index in [2.05, 4.69) is 25.1 Å². The molecule has 3 heterocycles. The van der Waals surface area contributed by atoms with Crippen LogP contribution in [-0.4, -0.2) is 42.1 Å². The van der Waals surface area contributed by atoms with Gasteiger partial charge in [-0.25, -0.2) is 19.3 Å². The Hall–Kier alpha value is -4.02. The Balaban J connectivity index is 1.68. The molecule has 12 nitrogen and oxygen atoms in total. The summed E-state index contributed by atoms with van der Waals surface area (Å²) < 4.78 is 14.5. The fourth-order valence-electron chi connectivity index (χ4n) is 3.77. The molecule has 0 saturated carbocycles. The molecule has 3 aromatic rings. The van der Waals surface area contributed by atoms with Crippen molar-refractivity contribution in [2.24, 2.45) is 11.0 Å². The summed E-state index contributed by atoms with van der Waals surface area (Å²) in [7, 11) is 0. The summed E-state index contributed by atoms with van der Waals surface area (Å²) in [4.78, 5) is 36.3. The third-order valence-electron chi connectivity index (χ3n) is 5.40. The highest BCUT2D eigenvalue weighted by molar-refractivity contribution is 5.89. The van der Waals surface area contributed by atoms with E-state index in [0.717, 1.165) is 0 Å². The van der Waals surface area contributed by atoms with Gasteiger partial charge in [0.05, 0.1) is 5.56 Å². The maximum Gasteiger partial charge on any atom is 0.351 e. The van der Waals surface area contributed by atoms with Crippen LogP contribution in [0.25, 0.3) is 16.3 Å². The molecule has 2 aromatic heterocycles. The third kappa shape index (κ3) is 3.72. The van der Waals surface area contributed by atoms with E-state index in [0.29, 0.717) is 11.4 Å². The molecule has 1 fully saturated rings. The minimum absolute atomic E-state index is 0.226. The Morgan fingerprint density at radius 3 is 2.75 bits per heavy atom. The molecule has 32 heavy (non-hydrogen) atoms. The van der Waals surface area contributed by atoms with Gasteiger partial charge in [0.25, 0.3) is 0 Å². The van der Waals surface area contributed by atoms with Crippen molar-refractivity contribution < 1.29 is 14.3 Å². The zero-order valence-corrected chi connectivity index (χ0v) is 17.3. The van der Waals surface area contributed by atoms with E-state index in [4.69, 9.17) is 9.47 Å². The van der Waals surface area contributed by atoms with Gasteiger partial charge in [-0.05, 0) is 30.2 Å². The van der Waals surface area contributed by atoms with Crippen LogP contribution in [0.15, 0.2) is 65.2 Å². The molecule has 1 saturated heterocycles. The Morgan fingerprint density at radius 2 is 2.12 bits per heavy atom. The van der Waals surface area contributed by atoms with Gasteiger partial charge in [0, 0.05) is 17.0 Å². The van der Waals surface area contributed by atoms with E-state index in [1.54, 1.807) is 50.2 Å². The first-order valence-corrected chi connectivity index (χ1v) is 9.93. The minimum Gasteiger partial charge on any atom is -0.455 e. The summed E-state index contributed by atoms with van der Waals surface area (Å²) in [6.45, 7) is 3.51. The summed E-state index contributed by atoms with van der Waals surface area (Å²) in [5.41, 5.74) is 7.44. The van der Waals surface area contributed by atoms with E-state index in [-0.39, 0.29) is 6.42 Å². The van der Waals surface area contributed by atoms with Gasteiger partial charge in [0.2, 0.25) is 0 Å². The molecule has 0 radical (unpaired) electrons. The number of benzene rings is 1. The van der Waals surface area contributed by atoms with Gasteiger partial charge in [-0.15, -0.1) is 0 Å². The van der Waals surface area contributed by atoms with Crippen molar-refractivity contribution in [3.05, 3.63) is 81.7 Å². The molecule has 0 bridgehead atoms. The molecule has 1 aliphatic rings. The first-order chi connectivity index (χ1) is 15.5. The highest BCUT2D eigenvalue weighted by Gasteiger charge is 2.55. The molecule has 12 heteroatoms. The topological polar surface area (TPSA) is 150 Å². The van der Waals surface area contributed by atoms with Crippen LogP contribution in [0.4, 0.5) is 0 Å². The number of carbonyl (C=O) groups excluding carboxylic acids is 1. The molecule has 0 N–H and O–H groups in total. The number of hydrogen-bond acceptors (Lipinski definition) is 8. The largest absolute Gasteiger partial charge is 0.455 e. The van der Waals surface area contributed by atoms with Gasteiger partial charge in [-0.2, -0.15) is 10.1 Å². The molecular formula is C20H20N8O4. The predicted octanol–water partition coefficient (Wildman–Crippen LogP) is 2.63. The SMILES string of the molecule is CC[C@@]1(N=[N+]=[N-])O[C@@H](n2ccc(-n3cncn3)nc2=O)[C@@H](C)[C@@H]1OC(=O)c1ccccc1. The Labute approximate surface area is 182 Å². The summed E-state index contributed by atoms with van der Waals surface area (Å²) >= 11 is 0. The second-order valence-electron chi connectivity index (χ2n) is 7.26. The lowest BCUT2D eigenvalue weighted by molar-refractivity contribution is -0.105. The minimum atomic E-state index is -1.48. The maximum atomic E-state index is 12.8. The van der Waals surface area contributed by atoms with Gasteiger partial charge in [0.15, 0.2) is 11.5 Å². The molecule has 0 spiro atoms. The van der Waals surface area contributed by atoms with Crippen LogP contribution < -0.4 is 5.69 Å². The summed E-state index contributed by atoms with van der Waals surface area (Å²) in [6, 6.07) is 10.0. The van der Waals surface area contributed by atoms with Crippen LogP contribution in [0.2, 0.25) is 0 Å². The van der Waals surface area contributed by atoms with Crippen molar-refractivity contribution in [2.75, 3.05) is 0 Å². The number of hydrogen-bond donors (Lipinski definition) is 0. The van der Waals surface area contributed by atoms with Crippen LogP contribution in [0.3, 0.4) is 0 Å². The lowest BCUT2D eigenvalue weighted by atomic mass is 9.95. The van der Waals surface area contributed by atoms with Gasteiger partial charge >= 0.3 is 11.7 Å². The summed E-state index contributed by atoms with van der Waals surface area (Å²) in [5.74, 6) is -0.812. The molecule has 4 atom stereocenters. The number of azide groups is 1. The van der Waals surface area contributed by atoms with Crippen molar-refractivity contribution >= 4 is 5.97 Å².